The highest BCUT2D eigenvalue weighted by Crippen LogP contribution is 2.31. The zero-order valence-electron chi connectivity index (χ0n) is 33.0. The number of benzene rings is 1. The Kier molecular flexibility index (Phi) is 17.9. The van der Waals surface area contributed by atoms with Crippen LogP contribution in [0.3, 0.4) is 0 Å². The maximum Gasteiger partial charge on any atom is 0.307 e. The summed E-state index contributed by atoms with van der Waals surface area (Å²) in [5.74, 6) is -3.60. The largest absolute Gasteiger partial charge is 0.481 e. The summed E-state index contributed by atoms with van der Waals surface area (Å²) in [6, 6.07) is 8.17. The molecule has 2 rings (SSSR count). The maximum atomic E-state index is 14.1. The van der Waals surface area contributed by atoms with Gasteiger partial charge in [0, 0.05) is 52.5 Å². The van der Waals surface area contributed by atoms with E-state index in [1.54, 1.807) is 30.9 Å². The van der Waals surface area contributed by atoms with E-state index in [2.05, 4.69) is 0 Å². The van der Waals surface area contributed by atoms with Crippen LogP contribution in [0.2, 0.25) is 0 Å². The van der Waals surface area contributed by atoms with Crippen LogP contribution in [0, 0.1) is 29.6 Å². The molecule has 2 amide bonds. The molecular formula is C40H65N3O8. The molecule has 0 aliphatic carbocycles. The van der Waals surface area contributed by atoms with Crippen LogP contribution < -0.4 is 0 Å². The molecule has 0 aromatic heterocycles. The Bertz CT molecular complexity index is 1290. The molecule has 288 valence electrons. The lowest BCUT2D eigenvalue weighted by atomic mass is 9.85. The van der Waals surface area contributed by atoms with Gasteiger partial charge >= 0.3 is 5.97 Å². The van der Waals surface area contributed by atoms with Gasteiger partial charge in [0.2, 0.25) is 11.8 Å². The minimum Gasteiger partial charge on any atom is -0.481 e. The van der Waals surface area contributed by atoms with Gasteiger partial charge in [0.25, 0.3) is 0 Å². The van der Waals surface area contributed by atoms with Crippen LogP contribution in [0.25, 0.3) is 0 Å². The van der Waals surface area contributed by atoms with Crippen LogP contribution in [0.1, 0.15) is 85.6 Å². The summed E-state index contributed by atoms with van der Waals surface area (Å²) in [6.07, 6.45) is 1.19. The van der Waals surface area contributed by atoms with E-state index >= 15 is 0 Å². The fourth-order valence-corrected chi connectivity index (χ4v) is 7.46. The number of carbonyl (C=O) groups is 5. The van der Waals surface area contributed by atoms with E-state index in [0.717, 1.165) is 18.4 Å². The first-order chi connectivity index (χ1) is 24.0. The zero-order valence-corrected chi connectivity index (χ0v) is 33.0. The van der Waals surface area contributed by atoms with Crippen molar-refractivity contribution in [1.29, 1.82) is 0 Å². The second-order valence-corrected chi connectivity index (χ2v) is 15.1. The molecule has 0 radical (unpaired) electrons. The minimum absolute atomic E-state index is 0.00211. The number of nitrogens with zero attached hydrogens (tertiary/aromatic N) is 3. The van der Waals surface area contributed by atoms with E-state index < -0.39 is 42.0 Å². The maximum absolute atomic E-state index is 14.1. The number of carboxylic acids is 1. The number of likely N-dealkylation sites (tertiary alicyclic amines) is 1. The van der Waals surface area contributed by atoms with Gasteiger partial charge in [0.1, 0.15) is 11.6 Å². The van der Waals surface area contributed by atoms with Crippen LogP contribution in [0.4, 0.5) is 0 Å². The Morgan fingerprint density at radius 2 is 1.53 bits per heavy atom. The number of ether oxygens (including phenoxy) is 2. The number of rotatable bonds is 22. The summed E-state index contributed by atoms with van der Waals surface area (Å²) in [6.45, 7) is 12.1. The van der Waals surface area contributed by atoms with E-state index in [9.17, 15) is 29.1 Å². The summed E-state index contributed by atoms with van der Waals surface area (Å²) in [7, 11) is 8.53. The van der Waals surface area contributed by atoms with Crippen molar-refractivity contribution in [3.8, 4) is 0 Å². The smallest absolute Gasteiger partial charge is 0.307 e. The van der Waals surface area contributed by atoms with Crippen molar-refractivity contribution in [2.24, 2.45) is 29.6 Å². The molecule has 11 nitrogen and oxygen atoms in total. The first kappa shape index (κ1) is 44.0. The minimum atomic E-state index is -1.02. The summed E-state index contributed by atoms with van der Waals surface area (Å²) < 4.78 is 11.9. The number of hydrogen-bond donors (Lipinski definition) is 1. The van der Waals surface area contributed by atoms with Gasteiger partial charge in [0.15, 0.2) is 0 Å². The monoisotopic (exact) mass is 715 g/mol. The fourth-order valence-electron chi connectivity index (χ4n) is 7.46. The molecule has 1 saturated heterocycles. The molecule has 1 fully saturated rings. The number of aliphatic carboxylic acids is 1. The molecule has 0 bridgehead atoms. The standard InChI is InChI=1S/C40H65N3O8/c1-12-26(4)37(42(9)39(47)31(25(2)3)23-34(45)28(6)41(7)8)35(50-10)24-36(46)43-20-16-19-32(43)38(51-11)27(5)33(44)22-30(40(48)49)21-29-17-14-13-15-18-29/h13-15,17-18,25-28,30-32,35,37-38H,12,16,19-24H2,1-11H3,(H,48,49)/t26-,27-,28-,30+,31-,32-,35+,37-,38+/m0/s1. The Morgan fingerprint density at radius 1 is 0.902 bits per heavy atom. The number of methoxy groups -OCH3 is 2. The zero-order chi connectivity index (χ0) is 38.6. The third-order valence-corrected chi connectivity index (χ3v) is 11.3. The van der Waals surface area contributed by atoms with Crippen LogP contribution in [-0.2, 0) is 39.9 Å². The van der Waals surface area contributed by atoms with Crippen molar-refractivity contribution < 1.29 is 38.6 Å². The van der Waals surface area contributed by atoms with E-state index in [0.29, 0.717) is 13.0 Å². The third kappa shape index (κ3) is 11.9. The third-order valence-electron chi connectivity index (χ3n) is 11.3. The van der Waals surface area contributed by atoms with Crippen molar-refractivity contribution in [2.75, 3.05) is 41.9 Å². The van der Waals surface area contributed by atoms with E-state index in [4.69, 9.17) is 9.47 Å². The SMILES string of the molecule is CC[C@H](C)[C@@H]([C@@H](CC(=O)N1CCC[C@H]1[C@H](OC)[C@@H](C)C(=O)C[C@@H](Cc1ccccc1)C(=O)O)OC)N(C)C(=O)[C@@H](CC(=O)[C@H](C)N(C)C)C(C)C. The second kappa shape index (κ2) is 20.8. The van der Waals surface area contributed by atoms with Crippen LogP contribution in [-0.4, -0.2) is 121 Å². The van der Waals surface area contributed by atoms with Gasteiger partial charge in [-0.2, -0.15) is 0 Å². The first-order valence-corrected chi connectivity index (χ1v) is 18.6. The first-order valence-electron chi connectivity index (χ1n) is 18.6. The Hall–Kier alpha value is -3.15. The molecule has 1 aliphatic rings. The van der Waals surface area contributed by atoms with Crippen LogP contribution in [0.15, 0.2) is 30.3 Å². The number of likely N-dealkylation sites (N-methyl/N-ethyl adjacent to an activating group) is 2. The highest BCUT2D eigenvalue weighted by atomic mass is 16.5. The highest BCUT2D eigenvalue weighted by molar-refractivity contribution is 5.90. The van der Waals surface area contributed by atoms with Gasteiger partial charge in [-0.05, 0) is 57.7 Å². The molecule has 1 aromatic rings. The van der Waals surface area contributed by atoms with Gasteiger partial charge in [-0.1, -0.05) is 71.4 Å². The molecule has 0 spiro atoms. The molecule has 0 unspecified atom stereocenters. The number of hydrogen-bond acceptors (Lipinski definition) is 8. The Balaban J connectivity index is 2.25. The van der Waals surface area contributed by atoms with Gasteiger partial charge in [-0.25, -0.2) is 0 Å². The molecule has 1 aromatic carbocycles. The van der Waals surface area contributed by atoms with Crippen molar-refractivity contribution in [2.45, 2.75) is 117 Å². The second-order valence-electron chi connectivity index (χ2n) is 15.1. The number of carbonyl (C=O) groups excluding carboxylic acids is 4. The molecular weight excluding hydrogens is 650 g/mol. The van der Waals surface area contributed by atoms with Gasteiger partial charge < -0.3 is 24.4 Å². The van der Waals surface area contributed by atoms with E-state index in [1.165, 1.54) is 7.11 Å². The summed E-state index contributed by atoms with van der Waals surface area (Å²) >= 11 is 0. The Labute approximate surface area is 306 Å². The predicted molar refractivity (Wildman–Crippen MR) is 198 cm³/mol. The molecule has 1 aliphatic heterocycles. The number of ketones is 2. The summed E-state index contributed by atoms with van der Waals surface area (Å²) in [5, 5.41) is 9.92. The number of carboxylic acid groups (broad SMARTS) is 1. The van der Waals surface area contributed by atoms with Crippen molar-refractivity contribution in [3.63, 3.8) is 0 Å². The van der Waals surface area contributed by atoms with Crippen molar-refractivity contribution in [1.82, 2.24) is 14.7 Å². The molecule has 1 heterocycles. The van der Waals surface area contributed by atoms with Gasteiger partial charge in [-0.15, -0.1) is 0 Å². The predicted octanol–water partition coefficient (Wildman–Crippen LogP) is 4.99. The summed E-state index contributed by atoms with van der Waals surface area (Å²) in [4.78, 5) is 72.3. The number of Topliss-reactive ketones (excluding diaryl/α,β-unsaturated/α-hetero) is 2. The normalized spacial score (nSPS) is 19.5. The van der Waals surface area contributed by atoms with Crippen LogP contribution >= 0.6 is 0 Å². The fraction of sp³-hybridized carbons (Fsp3) is 0.725. The average Bonchev–Trinajstić information content (AvgIpc) is 3.59. The molecule has 0 saturated carbocycles. The molecule has 51 heavy (non-hydrogen) atoms. The lowest BCUT2D eigenvalue weighted by Crippen LogP contribution is -2.54. The van der Waals surface area contributed by atoms with Crippen molar-refractivity contribution in [3.05, 3.63) is 35.9 Å². The average molecular weight is 716 g/mol. The van der Waals surface area contributed by atoms with Gasteiger partial charge in [0.05, 0.1) is 42.7 Å². The number of amides is 2. The van der Waals surface area contributed by atoms with E-state index in [1.807, 2.05) is 83.9 Å². The van der Waals surface area contributed by atoms with Gasteiger partial charge in [-0.3, -0.25) is 28.9 Å². The molecule has 11 heteroatoms. The van der Waals surface area contributed by atoms with Crippen LogP contribution in [0.5, 0.6) is 0 Å². The van der Waals surface area contributed by atoms with E-state index in [-0.39, 0.29) is 73.0 Å². The topological polar surface area (TPSA) is 134 Å². The quantitative estimate of drug-likeness (QED) is 0.176. The lowest BCUT2D eigenvalue weighted by Gasteiger charge is -2.41. The highest BCUT2D eigenvalue weighted by Gasteiger charge is 2.43. The lowest BCUT2D eigenvalue weighted by molar-refractivity contribution is -0.149. The molecule has 9 atom stereocenters. The molecule has 1 N–H and O–H groups in total. The Morgan fingerprint density at radius 3 is 2.04 bits per heavy atom. The summed E-state index contributed by atoms with van der Waals surface area (Å²) in [5.41, 5.74) is 0.851. The van der Waals surface area contributed by atoms with Crippen molar-refractivity contribution >= 4 is 29.4 Å².